The third-order valence-electron chi connectivity index (χ3n) is 4.50. The third kappa shape index (κ3) is 2.40. The van der Waals surface area contributed by atoms with Gasteiger partial charge < -0.3 is 9.42 Å². The average Bonchev–Trinajstić information content (AvgIpc) is 3.08. The van der Waals surface area contributed by atoms with Gasteiger partial charge in [0.25, 0.3) is 5.91 Å². The normalized spacial score (nSPS) is 21.3. The Bertz CT molecular complexity index is 691. The standard InChI is InChI=1S/C17H17FN2O2/c18-13-7-5-11(6-8-13)15-2-1-9-20(15)17(21)14-10-16(22-19-14)12-3-4-12/h5-8,10,12,15H,1-4,9H2/t15-/m1/s1. The SMILES string of the molecule is O=C(c1cc(C2CC2)on1)N1CCC[C@@H]1c1ccc(F)cc1. The molecule has 5 heteroatoms. The second-order valence-corrected chi connectivity index (χ2v) is 6.10. The summed E-state index contributed by atoms with van der Waals surface area (Å²) in [6.07, 6.45) is 4.07. The molecule has 2 aliphatic rings. The fourth-order valence-electron chi connectivity index (χ4n) is 3.14. The predicted octanol–water partition coefficient (Wildman–Crippen LogP) is 3.67. The van der Waals surface area contributed by atoms with Crippen molar-refractivity contribution in [1.82, 2.24) is 10.1 Å². The first-order valence-corrected chi connectivity index (χ1v) is 7.75. The van der Waals surface area contributed by atoms with Crippen LogP contribution >= 0.6 is 0 Å². The van der Waals surface area contributed by atoms with Crippen LogP contribution in [0.3, 0.4) is 0 Å². The summed E-state index contributed by atoms with van der Waals surface area (Å²) >= 11 is 0. The van der Waals surface area contributed by atoms with E-state index in [0.29, 0.717) is 18.2 Å². The van der Waals surface area contributed by atoms with Gasteiger partial charge in [-0.2, -0.15) is 0 Å². The number of benzene rings is 1. The molecule has 2 fully saturated rings. The van der Waals surface area contributed by atoms with Crippen LogP contribution in [0.15, 0.2) is 34.9 Å². The van der Waals surface area contributed by atoms with E-state index in [9.17, 15) is 9.18 Å². The first-order valence-electron chi connectivity index (χ1n) is 7.75. The van der Waals surface area contributed by atoms with Gasteiger partial charge in [0.05, 0.1) is 6.04 Å². The highest BCUT2D eigenvalue weighted by Gasteiger charge is 2.34. The molecule has 1 aliphatic heterocycles. The minimum Gasteiger partial charge on any atom is -0.360 e. The van der Waals surface area contributed by atoms with E-state index in [2.05, 4.69) is 5.16 Å². The zero-order chi connectivity index (χ0) is 15.1. The second-order valence-electron chi connectivity index (χ2n) is 6.10. The van der Waals surface area contributed by atoms with Crippen LogP contribution in [-0.4, -0.2) is 22.5 Å². The smallest absolute Gasteiger partial charge is 0.276 e. The Balaban J connectivity index is 1.56. The Kier molecular flexibility index (Phi) is 3.21. The van der Waals surface area contributed by atoms with Crippen LogP contribution in [0.2, 0.25) is 0 Å². The maximum atomic E-state index is 13.1. The van der Waals surface area contributed by atoms with Crippen LogP contribution in [0.25, 0.3) is 0 Å². The number of rotatable bonds is 3. The number of carbonyl (C=O) groups excluding carboxylic acids is 1. The van der Waals surface area contributed by atoms with E-state index in [0.717, 1.165) is 37.0 Å². The lowest BCUT2D eigenvalue weighted by Gasteiger charge is -2.24. The van der Waals surface area contributed by atoms with Crippen LogP contribution in [0.5, 0.6) is 0 Å². The van der Waals surface area contributed by atoms with Crippen molar-refractivity contribution in [2.75, 3.05) is 6.54 Å². The first-order chi connectivity index (χ1) is 10.7. The lowest BCUT2D eigenvalue weighted by atomic mass is 10.0. The summed E-state index contributed by atoms with van der Waals surface area (Å²) in [4.78, 5) is 14.5. The molecular formula is C17H17FN2O2. The summed E-state index contributed by atoms with van der Waals surface area (Å²) in [6.45, 7) is 0.701. The lowest BCUT2D eigenvalue weighted by molar-refractivity contribution is 0.0725. The molecule has 1 saturated heterocycles. The van der Waals surface area contributed by atoms with Crippen LogP contribution in [0, 0.1) is 5.82 Å². The Labute approximate surface area is 127 Å². The molecule has 2 heterocycles. The zero-order valence-corrected chi connectivity index (χ0v) is 12.2. The Morgan fingerprint density at radius 2 is 2.00 bits per heavy atom. The lowest BCUT2D eigenvalue weighted by Crippen LogP contribution is -2.30. The molecule has 1 atom stereocenters. The van der Waals surface area contributed by atoms with E-state index >= 15 is 0 Å². The quantitative estimate of drug-likeness (QED) is 0.869. The highest BCUT2D eigenvalue weighted by molar-refractivity contribution is 5.92. The van der Waals surface area contributed by atoms with Gasteiger partial charge in [-0.3, -0.25) is 4.79 Å². The first kappa shape index (κ1) is 13.5. The van der Waals surface area contributed by atoms with Gasteiger partial charge in [0.15, 0.2) is 5.69 Å². The Hall–Kier alpha value is -2.17. The van der Waals surface area contributed by atoms with Gasteiger partial charge in [0.2, 0.25) is 0 Å². The van der Waals surface area contributed by atoms with E-state index in [-0.39, 0.29) is 17.8 Å². The number of halogens is 1. The minimum absolute atomic E-state index is 0.00539. The molecule has 4 rings (SSSR count). The maximum absolute atomic E-state index is 13.1. The third-order valence-corrected chi connectivity index (χ3v) is 4.50. The van der Waals surface area contributed by atoms with Crippen molar-refractivity contribution in [2.45, 2.75) is 37.6 Å². The summed E-state index contributed by atoms with van der Waals surface area (Å²) in [5.41, 5.74) is 1.36. The van der Waals surface area contributed by atoms with Crippen molar-refractivity contribution in [1.29, 1.82) is 0 Å². The van der Waals surface area contributed by atoms with Gasteiger partial charge in [-0.15, -0.1) is 0 Å². The predicted molar refractivity (Wildman–Crippen MR) is 77.9 cm³/mol. The van der Waals surface area contributed by atoms with Crippen LogP contribution in [0.4, 0.5) is 4.39 Å². The maximum Gasteiger partial charge on any atom is 0.276 e. The molecule has 114 valence electrons. The molecule has 22 heavy (non-hydrogen) atoms. The largest absolute Gasteiger partial charge is 0.360 e. The summed E-state index contributed by atoms with van der Waals surface area (Å²) < 4.78 is 18.4. The molecule has 1 saturated carbocycles. The van der Waals surface area contributed by atoms with Crippen molar-refractivity contribution >= 4 is 5.91 Å². The number of amides is 1. The van der Waals surface area contributed by atoms with Crippen LogP contribution in [-0.2, 0) is 0 Å². The summed E-state index contributed by atoms with van der Waals surface area (Å²) in [5, 5.41) is 3.94. The molecule has 0 unspecified atom stereocenters. The fourth-order valence-corrected chi connectivity index (χ4v) is 3.14. The number of hydrogen-bond acceptors (Lipinski definition) is 3. The fraction of sp³-hybridized carbons (Fsp3) is 0.412. The highest BCUT2D eigenvalue weighted by Crippen LogP contribution is 2.40. The van der Waals surface area contributed by atoms with Crippen molar-refractivity contribution < 1.29 is 13.7 Å². The van der Waals surface area contributed by atoms with E-state index in [1.165, 1.54) is 12.1 Å². The van der Waals surface area contributed by atoms with Gasteiger partial charge in [-0.1, -0.05) is 17.3 Å². The van der Waals surface area contributed by atoms with Crippen molar-refractivity contribution in [2.24, 2.45) is 0 Å². The van der Waals surface area contributed by atoms with E-state index < -0.39 is 0 Å². The molecule has 4 nitrogen and oxygen atoms in total. The molecule has 1 aliphatic carbocycles. The Morgan fingerprint density at radius 1 is 1.23 bits per heavy atom. The molecule has 0 bridgehead atoms. The molecular weight excluding hydrogens is 283 g/mol. The number of carbonyl (C=O) groups is 1. The minimum atomic E-state index is -0.259. The zero-order valence-electron chi connectivity index (χ0n) is 12.2. The molecule has 1 amide bonds. The molecule has 0 radical (unpaired) electrons. The number of nitrogens with zero attached hydrogens (tertiary/aromatic N) is 2. The van der Waals surface area contributed by atoms with Gasteiger partial charge in [-0.05, 0) is 43.4 Å². The van der Waals surface area contributed by atoms with Crippen LogP contribution < -0.4 is 0 Å². The molecule has 0 spiro atoms. The molecule has 0 N–H and O–H groups in total. The number of hydrogen-bond donors (Lipinski definition) is 0. The molecule has 1 aromatic heterocycles. The number of likely N-dealkylation sites (tertiary alicyclic amines) is 1. The van der Waals surface area contributed by atoms with Crippen LogP contribution in [0.1, 0.15) is 59.5 Å². The Morgan fingerprint density at radius 3 is 2.73 bits per heavy atom. The van der Waals surface area contributed by atoms with E-state index in [1.54, 1.807) is 18.2 Å². The monoisotopic (exact) mass is 300 g/mol. The van der Waals surface area contributed by atoms with Gasteiger partial charge in [0, 0.05) is 18.5 Å². The topological polar surface area (TPSA) is 46.3 Å². The number of aromatic nitrogens is 1. The van der Waals surface area contributed by atoms with Crippen molar-refractivity contribution in [3.8, 4) is 0 Å². The van der Waals surface area contributed by atoms with Gasteiger partial charge in [0.1, 0.15) is 11.6 Å². The summed E-state index contributed by atoms with van der Waals surface area (Å²) in [5.74, 6) is 0.911. The molecule has 2 aromatic rings. The van der Waals surface area contributed by atoms with E-state index in [4.69, 9.17) is 4.52 Å². The van der Waals surface area contributed by atoms with Gasteiger partial charge in [-0.25, -0.2) is 4.39 Å². The average molecular weight is 300 g/mol. The van der Waals surface area contributed by atoms with E-state index in [1.807, 2.05) is 4.90 Å². The van der Waals surface area contributed by atoms with Crippen molar-refractivity contribution in [3.05, 3.63) is 53.2 Å². The molecule has 1 aromatic carbocycles. The van der Waals surface area contributed by atoms with Gasteiger partial charge >= 0.3 is 0 Å². The highest BCUT2D eigenvalue weighted by atomic mass is 19.1. The second kappa shape index (κ2) is 5.23. The summed E-state index contributed by atoms with van der Waals surface area (Å²) in [7, 11) is 0. The van der Waals surface area contributed by atoms with Crippen molar-refractivity contribution in [3.63, 3.8) is 0 Å². The summed E-state index contributed by atoms with van der Waals surface area (Å²) in [6, 6.07) is 8.16.